The third-order valence-electron chi connectivity index (χ3n) is 7.47. The van der Waals surface area contributed by atoms with E-state index in [0.717, 1.165) is 10.5 Å². The highest BCUT2D eigenvalue weighted by atomic mass is 16.6. The van der Waals surface area contributed by atoms with Gasteiger partial charge in [0.2, 0.25) is 11.8 Å². The van der Waals surface area contributed by atoms with Gasteiger partial charge in [-0.25, -0.2) is 14.7 Å². The molecule has 1 N–H and O–H groups in total. The van der Waals surface area contributed by atoms with Gasteiger partial charge in [-0.05, 0) is 44.2 Å². The minimum Gasteiger partial charge on any atom is -0.497 e. The molecule has 0 spiro atoms. The molecule has 2 aromatic carbocycles. The molecular weight excluding hydrogens is 514 g/mol. The maximum Gasteiger partial charge on any atom is 0.416 e. The van der Waals surface area contributed by atoms with Crippen LogP contribution in [0.25, 0.3) is 22.3 Å². The summed E-state index contributed by atoms with van der Waals surface area (Å²) in [6, 6.07) is 14.4. The maximum atomic E-state index is 13.7. The zero-order valence-electron chi connectivity index (χ0n) is 22.4. The second kappa shape index (κ2) is 11.3. The number of carbonyl (C=O) groups excluding carboxylic acids is 2. The summed E-state index contributed by atoms with van der Waals surface area (Å²) in [7, 11) is 1.57. The number of benzene rings is 2. The molecule has 0 radical (unpaired) electrons. The molecule has 1 aromatic heterocycles. The topological polar surface area (TPSA) is 128 Å². The fourth-order valence-electron chi connectivity index (χ4n) is 5.32. The number of rotatable bonds is 9. The first kappa shape index (κ1) is 27.1. The Labute approximate surface area is 231 Å². The quantitative estimate of drug-likeness (QED) is 0.380. The van der Waals surface area contributed by atoms with E-state index >= 15 is 0 Å². The lowest BCUT2D eigenvalue weighted by Crippen LogP contribution is -2.45. The predicted octanol–water partition coefficient (Wildman–Crippen LogP) is 4.72. The van der Waals surface area contributed by atoms with Crippen molar-refractivity contribution in [3.8, 4) is 23.0 Å². The van der Waals surface area contributed by atoms with E-state index in [1.165, 1.54) is 0 Å². The van der Waals surface area contributed by atoms with Crippen LogP contribution in [0.5, 0.6) is 11.6 Å². The van der Waals surface area contributed by atoms with Crippen molar-refractivity contribution < 1.29 is 33.7 Å². The fourth-order valence-corrected chi connectivity index (χ4v) is 5.32. The summed E-state index contributed by atoms with van der Waals surface area (Å²) in [5.41, 5.74) is 1.38. The standard InChI is InChI=1S/C30H31N3O7/c1-4-17-13-25(17)33(30(37)39-5-2)28(34)22-14-20(15-23(22)29(35)36)40-27-21-12-11-19(38-3)16-24(21)31-26(32-27)18-9-7-6-8-10-18/h4,6-12,16-17,20,22-23,25H,1,5,13-15H2,2-3H3,(H,35,36). The number of hydrogen-bond donors (Lipinski definition) is 1. The van der Waals surface area contributed by atoms with Crippen molar-refractivity contribution in [3.63, 3.8) is 0 Å². The van der Waals surface area contributed by atoms with Crippen molar-refractivity contribution in [3.05, 3.63) is 61.2 Å². The van der Waals surface area contributed by atoms with E-state index in [4.69, 9.17) is 19.2 Å². The summed E-state index contributed by atoms with van der Waals surface area (Å²) in [5.74, 6) is -2.37. The minimum absolute atomic E-state index is 0.0362. The lowest BCUT2D eigenvalue weighted by Gasteiger charge is -2.25. The molecule has 10 nitrogen and oxygen atoms in total. The van der Waals surface area contributed by atoms with Gasteiger partial charge < -0.3 is 19.3 Å². The van der Waals surface area contributed by atoms with Crippen molar-refractivity contribution >= 4 is 28.9 Å². The van der Waals surface area contributed by atoms with Gasteiger partial charge in [0.25, 0.3) is 0 Å². The first-order valence-corrected chi connectivity index (χ1v) is 13.3. The zero-order valence-corrected chi connectivity index (χ0v) is 22.4. The Morgan fingerprint density at radius 3 is 2.48 bits per heavy atom. The second-order valence-corrected chi connectivity index (χ2v) is 9.97. The van der Waals surface area contributed by atoms with Crippen molar-refractivity contribution in [2.45, 2.75) is 38.3 Å². The third kappa shape index (κ3) is 5.34. The summed E-state index contributed by atoms with van der Waals surface area (Å²) in [6.07, 6.45) is 1.08. The third-order valence-corrected chi connectivity index (χ3v) is 7.47. The van der Waals surface area contributed by atoms with Crippen molar-refractivity contribution in [2.24, 2.45) is 17.8 Å². The van der Waals surface area contributed by atoms with Crippen LogP contribution in [-0.2, 0) is 14.3 Å². The molecule has 208 valence electrons. The van der Waals surface area contributed by atoms with E-state index in [1.54, 1.807) is 38.3 Å². The van der Waals surface area contributed by atoms with E-state index in [0.29, 0.717) is 28.9 Å². The fraction of sp³-hybridized carbons (Fsp3) is 0.367. The number of carboxylic acids is 1. The number of ether oxygens (including phenoxy) is 3. The van der Waals surface area contributed by atoms with Gasteiger partial charge in [0.05, 0.1) is 42.5 Å². The number of methoxy groups -OCH3 is 1. The van der Waals surface area contributed by atoms with Crippen LogP contribution in [-0.4, -0.2) is 63.8 Å². The number of amides is 2. The van der Waals surface area contributed by atoms with Gasteiger partial charge >= 0.3 is 12.1 Å². The van der Waals surface area contributed by atoms with Crippen LogP contribution in [0.2, 0.25) is 0 Å². The van der Waals surface area contributed by atoms with E-state index in [1.807, 2.05) is 30.3 Å². The SMILES string of the molecule is C=CC1CC1N(C(=O)OCC)C(=O)C1CC(Oc2nc(-c3ccccc3)nc3cc(OC)ccc23)CC1C(=O)O. The summed E-state index contributed by atoms with van der Waals surface area (Å²) < 4.78 is 16.8. The molecule has 5 atom stereocenters. The Hall–Kier alpha value is -4.47. The Kier molecular flexibility index (Phi) is 7.68. The molecule has 0 bridgehead atoms. The number of carboxylic acid groups (broad SMARTS) is 1. The molecule has 0 saturated heterocycles. The number of carbonyl (C=O) groups is 3. The van der Waals surface area contributed by atoms with Crippen LogP contribution in [0.15, 0.2) is 61.2 Å². The lowest BCUT2D eigenvalue weighted by atomic mass is 9.94. The zero-order chi connectivity index (χ0) is 28.4. The molecule has 5 unspecified atom stereocenters. The van der Waals surface area contributed by atoms with Crippen molar-refractivity contribution in [2.75, 3.05) is 13.7 Å². The van der Waals surface area contributed by atoms with Gasteiger partial charge in [0.1, 0.15) is 11.9 Å². The van der Waals surface area contributed by atoms with Crippen LogP contribution in [0.4, 0.5) is 4.79 Å². The molecule has 2 fully saturated rings. The molecule has 3 aromatic rings. The molecule has 40 heavy (non-hydrogen) atoms. The summed E-state index contributed by atoms with van der Waals surface area (Å²) in [6.45, 7) is 5.52. The number of aromatic nitrogens is 2. The molecule has 0 aliphatic heterocycles. The number of aliphatic carboxylic acids is 1. The first-order chi connectivity index (χ1) is 19.3. The smallest absolute Gasteiger partial charge is 0.416 e. The first-order valence-electron chi connectivity index (χ1n) is 13.3. The summed E-state index contributed by atoms with van der Waals surface area (Å²) in [4.78, 5) is 49.1. The van der Waals surface area contributed by atoms with Crippen LogP contribution >= 0.6 is 0 Å². The van der Waals surface area contributed by atoms with E-state index in [2.05, 4.69) is 11.6 Å². The Balaban J connectivity index is 1.46. The number of fused-ring (bicyclic) bond motifs is 1. The molecule has 2 saturated carbocycles. The Morgan fingerprint density at radius 2 is 1.82 bits per heavy atom. The van der Waals surface area contributed by atoms with Gasteiger partial charge in [-0.15, -0.1) is 6.58 Å². The summed E-state index contributed by atoms with van der Waals surface area (Å²) in [5, 5.41) is 10.6. The van der Waals surface area contributed by atoms with Gasteiger partial charge in [0.15, 0.2) is 5.82 Å². The average molecular weight is 546 g/mol. The largest absolute Gasteiger partial charge is 0.497 e. The highest BCUT2D eigenvalue weighted by Gasteiger charge is 2.52. The molecule has 2 aliphatic carbocycles. The lowest BCUT2D eigenvalue weighted by molar-refractivity contribution is -0.148. The van der Waals surface area contributed by atoms with Gasteiger partial charge in [0, 0.05) is 11.6 Å². The Bertz CT molecular complexity index is 1440. The second-order valence-electron chi connectivity index (χ2n) is 9.97. The van der Waals surface area contributed by atoms with Crippen LogP contribution in [0.3, 0.4) is 0 Å². The summed E-state index contributed by atoms with van der Waals surface area (Å²) >= 11 is 0. The van der Waals surface area contributed by atoms with Crippen molar-refractivity contribution in [1.29, 1.82) is 0 Å². The van der Waals surface area contributed by atoms with Crippen LogP contribution < -0.4 is 9.47 Å². The molecule has 1 heterocycles. The normalized spacial score (nSPS) is 23.3. The van der Waals surface area contributed by atoms with E-state index in [-0.39, 0.29) is 37.3 Å². The number of nitrogens with zero attached hydrogens (tertiary/aromatic N) is 3. The van der Waals surface area contributed by atoms with Gasteiger partial charge in [-0.1, -0.05) is 36.4 Å². The molecule has 10 heteroatoms. The molecule has 2 amide bonds. The molecule has 5 rings (SSSR count). The molecule has 2 aliphatic rings. The van der Waals surface area contributed by atoms with Gasteiger partial charge in [-0.3, -0.25) is 9.59 Å². The minimum atomic E-state index is -1.12. The molecular formula is C30H31N3O7. The Morgan fingerprint density at radius 1 is 1.07 bits per heavy atom. The maximum absolute atomic E-state index is 13.7. The van der Waals surface area contributed by atoms with E-state index in [9.17, 15) is 19.5 Å². The van der Waals surface area contributed by atoms with Crippen LogP contribution in [0.1, 0.15) is 26.2 Å². The number of imide groups is 1. The van der Waals surface area contributed by atoms with Crippen molar-refractivity contribution in [1.82, 2.24) is 14.9 Å². The van der Waals surface area contributed by atoms with Gasteiger partial charge in [-0.2, -0.15) is 4.98 Å². The predicted molar refractivity (Wildman–Crippen MR) is 146 cm³/mol. The highest BCUT2D eigenvalue weighted by molar-refractivity contribution is 5.96. The monoisotopic (exact) mass is 545 g/mol. The highest BCUT2D eigenvalue weighted by Crippen LogP contribution is 2.42. The van der Waals surface area contributed by atoms with Crippen LogP contribution in [0, 0.1) is 17.8 Å². The average Bonchev–Trinajstić information content (AvgIpc) is 3.60. The number of hydrogen-bond acceptors (Lipinski definition) is 8. The van der Waals surface area contributed by atoms with E-state index < -0.39 is 35.9 Å².